The van der Waals surface area contributed by atoms with Crippen molar-refractivity contribution >= 4 is 0 Å². The third kappa shape index (κ3) is 4.39. The van der Waals surface area contributed by atoms with Crippen molar-refractivity contribution in [2.45, 2.75) is 59.5 Å². The Hall–Kier alpha value is -1.02. The van der Waals surface area contributed by atoms with Gasteiger partial charge in [0.1, 0.15) is 5.75 Å². The number of unbranched alkanes of at least 4 members (excludes halogenated alkanes) is 1. The molecule has 0 spiro atoms. The first-order valence-electron chi connectivity index (χ1n) is 6.57. The van der Waals surface area contributed by atoms with Gasteiger partial charge in [0.2, 0.25) is 0 Å². The summed E-state index contributed by atoms with van der Waals surface area (Å²) in [6.07, 6.45) is 3.76. The molecular weight excluding hydrogens is 210 g/mol. The molecule has 0 aromatic heterocycles. The first-order chi connectivity index (χ1) is 8.04. The molecule has 0 fully saturated rings. The second-order valence-corrected chi connectivity index (χ2v) is 5.00. The third-order valence-electron chi connectivity index (χ3n) is 3.20. The lowest BCUT2D eigenvalue weighted by Crippen LogP contribution is -2.25. The molecule has 2 heteroatoms. The maximum Gasteiger partial charge on any atom is 0.121 e. The number of aryl methyl sites for hydroxylation is 2. The Kier molecular flexibility index (Phi) is 5.49. The monoisotopic (exact) mass is 235 g/mol. The second-order valence-electron chi connectivity index (χ2n) is 5.00. The fourth-order valence-corrected chi connectivity index (χ4v) is 2.05. The van der Waals surface area contributed by atoms with Gasteiger partial charge in [-0.2, -0.15) is 0 Å². The van der Waals surface area contributed by atoms with Crippen molar-refractivity contribution < 1.29 is 5.11 Å². The van der Waals surface area contributed by atoms with Crippen LogP contribution in [0.4, 0.5) is 0 Å². The average molecular weight is 235 g/mol. The lowest BCUT2D eigenvalue weighted by Gasteiger charge is -2.14. The maximum absolute atomic E-state index is 9.70. The highest BCUT2D eigenvalue weighted by Crippen LogP contribution is 2.22. The van der Waals surface area contributed by atoms with Crippen molar-refractivity contribution in [3.05, 3.63) is 28.8 Å². The zero-order chi connectivity index (χ0) is 12.8. The Balaban J connectivity index is 2.52. The van der Waals surface area contributed by atoms with Crippen LogP contribution >= 0.6 is 0 Å². The van der Waals surface area contributed by atoms with E-state index < -0.39 is 0 Å². The predicted octanol–water partition coefficient (Wildman–Crippen LogP) is 3.68. The summed E-state index contributed by atoms with van der Waals surface area (Å²) in [7, 11) is 0. The van der Waals surface area contributed by atoms with E-state index >= 15 is 0 Å². The highest BCUT2D eigenvalue weighted by atomic mass is 16.3. The molecule has 1 unspecified atom stereocenters. The van der Waals surface area contributed by atoms with Gasteiger partial charge in [-0.15, -0.1) is 0 Å². The van der Waals surface area contributed by atoms with Crippen LogP contribution in [0.1, 0.15) is 49.8 Å². The molecule has 0 radical (unpaired) electrons. The molecule has 1 aromatic carbocycles. The highest BCUT2D eigenvalue weighted by Gasteiger charge is 2.05. The minimum atomic E-state index is 0.424. The van der Waals surface area contributed by atoms with E-state index in [1.54, 1.807) is 0 Å². The van der Waals surface area contributed by atoms with Crippen LogP contribution in [0.3, 0.4) is 0 Å². The molecule has 1 atom stereocenters. The molecule has 2 nitrogen and oxygen atoms in total. The van der Waals surface area contributed by atoms with Crippen LogP contribution in [0.15, 0.2) is 12.1 Å². The van der Waals surface area contributed by atoms with Crippen LogP contribution in [0.2, 0.25) is 0 Å². The lowest BCUT2D eigenvalue weighted by atomic mass is 10.1. The van der Waals surface area contributed by atoms with Crippen LogP contribution in [0.25, 0.3) is 0 Å². The number of rotatable bonds is 6. The van der Waals surface area contributed by atoms with Gasteiger partial charge in [-0.1, -0.05) is 31.9 Å². The van der Waals surface area contributed by atoms with Crippen LogP contribution in [0, 0.1) is 13.8 Å². The SMILES string of the molecule is CCCCC(C)NCc1cc(C)c(O)c(C)c1. The Morgan fingerprint density at radius 3 is 2.35 bits per heavy atom. The van der Waals surface area contributed by atoms with E-state index in [4.69, 9.17) is 0 Å². The molecule has 96 valence electrons. The molecule has 0 aliphatic rings. The van der Waals surface area contributed by atoms with Gasteiger partial charge in [0.25, 0.3) is 0 Å². The van der Waals surface area contributed by atoms with Crippen molar-refractivity contribution in [2.75, 3.05) is 0 Å². The van der Waals surface area contributed by atoms with Crippen molar-refractivity contribution in [3.63, 3.8) is 0 Å². The van der Waals surface area contributed by atoms with Crippen molar-refractivity contribution in [1.29, 1.82) is 0 Å². The minimum absolute atomic E-state index is 0.424. The number of nitrogens with one attached hydrogen (secondary N) is 1. The Morgan fingerprint density at radius 2 is 1.82 bits per heavy atom. The van der Waals surface area contributed by atoms with Crippen molar-refractivity contribution in [2.24, 2.45) is 0 Å². The summed E-state index contributed by atoms with van der Waals surface area (Å²) in [5, 5.41) is 13.2. The Morgan fingerprint density at radius 1 is 1.24 bits per heavy atom. The normalized spacial score (nSPS) is 12.7. The van der Waals surface area contributed by atoms with Gasteiger partial charge in [-0.25, -0.2) is 0 Å². The van der Waals surface area contributed by atoms with E-state index in [0.717, 1.165) is 17.7 Å². The van der Waals surface area contributed by atoms with Gasteiger partial charge in [0.05, 0.1) is 0 Å². The first kappa shape index (κ1) is 14.0. The minimum Gasteiger partial charge on any atom is -0.507 e. The van der Waals surface area contributed by atoms with Crippen LogP contribution < -0.4 is 5.32 Å². The van der Waals surface area contributed by atoms with E-state index in [2.05, 4.69) is 31.3 Å². The van der Waals surface area contributed by atoms with Gasteiger partial charge in [0.15, 0.2) is 0 Å². The Labute approximate surface area is 105 Å². The Bertz CT molecular complexity index is 337. The van der Waals surface area contributed by atoms with Gasteiger partial charge in [0, 0.05) is 12.6 Å². The number of hydrogen-bond donors (Lipinski definition) is 2. The van der Waals surface area contributed by atoms with Gasteiger partial charge >= 0.3 is 0 Å². The molecule has 0 aliphatic carbocycles. The van der Waals surface area contributed by atoms with Gasteiger partial charge in [-0.05, 0) is 43.9 Å². The standard InChI is InChI=1S/C15H25NO/c1-5-6-7-13(4)16-10-14-8-11(2)15(17)12(3)9-14/h8-9,13,16-17H,5-7,10H2,1-4H3. The molecule has 0 saturated carbocycles. The van der Waals surface area contributed by atoms with Crippen LogP contribution in [-0.4, -0.2) is 11.1 Å². The molecule has 1 rings (SSSR count). The smallest absolute Gasteiger partial charge is 0.121 e. The first-order valence-corrected chi connectivity index (χ1v) is 6.57. The highest BCUT2D eigenvalue weighted by molar-refractivity contribution is 5.42. The molecule has 1 aromatic rings. The van der Waals surface area contributed by atoms with E-state index in [9.17, 15) is 5.11 Å². The topological polar surface area (TPSA) is 32.3 Å². The molecule has 0 amide bonds. The fourth-order valence-electron chi connectivity index (χ4n) is 2.05. The molecule has 0 saturated heterocycles. The summed E-state index contributed by atoms with van der Waals surface area (Å²) in [6.45, 7) is 9.24. The number of benzene rings is 1. The number of hydrogen-bond acceptors (Lipinski definition) is 2. The van der Waals surface area contributed by atoms with Crippen molar-refractivity contribution in [3.8, 4) is 5.75 Å². The molecule has 0 aliphatic heterocycles. The fraction of sp³-hybridized carbons (Fsp3) is 0.600. The van der Waals surface area contributed by atoms with E-state index in [1.807, 2.05) is 13.8 Å². The van der Waals surface area contributed by atoms with Crippen molar-refractivity contribution in [1.82, 2.24) is 5.32 Å². The number of phenolic OH excluding ortho intramolecular Hbond substituents is 1. The zero-order valence-corrected chi connectivity index (χ0v) is 11.5. The van der Waals surface area contributed by atoms with Crippen LogP contribution in [0.5, 0.6) is 5.75 Å². The molecule has 2 N–H and O–H groups in total. The summed E-state index contributed by atoms with van der Waals surface area (Å²) < 4.78 is 0. The summed E-state index contributed by atoms with van der Waals surface area (Å²) in [6, 6.07) is 4.67. The average Bonchev–Trinajstić information content (AvgIpc) is 2.30. The summed E-state index contributed by atoms with van der Waals surface area (Å²) in [4.78, 5) is 0. The summed E-state index contributed by atoms with van der Waals surface area (Å²) in [5.41, 5.74) is 3.17. The predicted molar refractivity (Wildman–Crippen MR) is 73.4 cm³/mol. The third-order valence-corrected chi connectivity index (χ3v) is 3.20. The number of aromatic hydroxyl groups is 1. The summed E-state index contributed by atoms with van der Waals surface area (Å²) >= 11 is 0. The van der Waals surface area contributed by atoms with E-state index in [1.165, 1.54) is 24.8 Å². The lowest BCUT2D eigenvalue weighted by molar-refractivity contribution is 0.465. The zero-order valence-electron chi connectivity index (χ0n) is 11.5. The van der Waals surface area contributed by atoms with Gasteiger partial charge in [-0.3, -0.25) is 0 Å². The number of phenols is 1. The molecule has 0 bridgehead atoms. The molecular formula is C15H25NO. The molecule has 0 heterocycles. The largest absolute Gasteiger partial charge is 0.507 e. The van der Waals surface area contributed by atoms with E-state index in [-0.39, 0.29) is 0 Å². The second kappa shape index (κ2) is 6.65. The maximum atomic E-state index is 9.70. The summed E-state index contributed by atoms with van der Waals surface area (Å²) in [5.74, 6) is 0.424. The quantitative estimate of drug-likeness (QED) is 0.788. The van der Waals surface area contributed by atoms with Gasteiger partial charge < -0.3 is 10.4 Å². The molecule has 17 heavy (non-hydrogen) atoms. The van der Waals surface area contributed by atoms with Crippen LogP contribution in [-0.2, 0) is 6.54 Å². The van der Waals surface area contributed by atoms with E-state index in [0.29, 0.717) is 11.8 Å².